The molecule has 0 aliphatic carbocycles. The molecular formula is C24H37IN6O. The fraction of sp³-hybridized carbons (Fsp3) is 0.458. The van der Waals surface area contributed by atoms with Crippen LogP contribution in [-0.2, 0) is 11.2 Å². The third-order valence-electron chi connectivity index (χ3n) is 5.39. The van der Waals surface area contributed by atoms with Crippen molar-refractivity contribution in [2.24, 2.45) is 4.99 Å². The van der Waals surface area contributed by atoms with Gasteiger partial charge >= 0.3 is 0 Å². The van der Waals surface area contributed by atoms with Crippen molar-refractivity contribution in [2.45, 2.75) is 26.3 Å². The van der Waals surface area contributed by atoms with Crippen LogP contribution in [0.3, 0.4) is 0 Å². The van der Waals surface area contributed by atoms with Gasteiger partial charge in [0.2, 0.25) is 5.91 Å². The Bertz CT molecular complexity index is 799. The zero-order valence-electron chi connectivity index (χ0n) is 19.6. The molecule has 0 radical (unpaired) electrons. The number of hydrogen-bond acceptors (Lipinski definition) is 4. The first kappa shape index (κ1) is 27.8. The lowest BCUT2D eigenvalue weighted by Crippen LogP contribution is -2.46. The Morgan fingerprint density at radius 1 is 1.06 bits per heavy atom. The van der Waals surface area contributed by atoms with E-state index in [0.29, 0.717) is 19.0 Å². The van der Waals surface area contributed by atoms with Gasteiger partial charge in [-0.25, -0.2) is 0 Å². The molecule has 1 aromatic carbocycles. The van der Waals surface area contributed by atoms with Crippen LogP contribution < -0.4 is 10.6 Å². The predicted molar refractivity (Wildman–Crippen MR) is 142 cm³/mol. The van der Waals surface area contributed by atoms with Gasteiger partial charge in [0.05, 0.1) is 12.6 Å². The van der Waals surface area contributed by atoms with Crippen molar-refractivity contribution in [1.82, 2.24) is 25.4 Å². The van der Waals surface area contributed by atoms with Gasteiger partial charge in [-0.05, 0) is 30.8 Å². The van der Waals surface area contributed by atoms with Crippen LogP contribution in [0.15, 0.2) is 59.7 Å². The molecule has 2 N–H and O–H groups in total. The van der Waals surface area contributed by atoms with E-state index in [1.807, 2.05) is 31.3 Å². The number of aromatic nitrogens is 1. The van der Waals surface area contributed by atoms with Crippen LogP contribution in [0, 0.1) is 0 Å². The van der Waals surface area contributed by atoms with E-state index in [2.05, 4.69) is 63.6 Å². The van der Waals surface area contributed by atoms with Crippen LogP contribution in [0.25, 0.3) is 0 Å². The highest BCUT2D eigenvalue weighted by molar-refractivity contribution is 14.0. The Labute approximate surface area is 209 Å². The van der Waals surface area contributed by atoms with E-state index >= 15 is 0 Å². The van der Waals surface area contributed by atoms with Gasteiger partial charge in [-0.2, -0.15) is 0 Å². The highest BCUT2D eigenvalue weighted by atomic mass is 127. The number of nitrogens with one attached hydrogen (secondary N) is 2. The van der Waals surface area contributed by atoms with Gasteiger partial charge in [-0.3, -0.25) is 19.7 Å². The lowest BCUT2D eigenvalue weighted by molar-refractivity contribution is -0.128. The van der Waals surface area contributed by atoms with Crippen LogP contribution in [0.4, 0.5) is 0 Å². The molecule has 32 heavy (non-hydrogen) atoms. The smallest absolute Gasteiger partial charge is 0.241 e. The zero-order chi connectivity index (χ0) is 22.5. The fourth-order valence-electron chi connectivity index (χ4n) is 3.46. The SMILES string of the molecule is CCN(CC)C(CNC(=NC)NCC(=O)N(C)CCc1ccccn1)c1ccccc1.I. The lowest BCUT2D eigenvalue weighted by atomic mass is 10.1. The average molecular weight is 553 g/mol. The standard InChI is InChI=1S/C24H36N6O.HI/c1-5-30(6-2)22(20-12-8-7-9-13-20)18-27-24(25-3)28-19-23(31)29(4)17-15-21-14-10-11-16-26-21;/h7-14,16,22H,5-6,15,17-19H2,1-4H3,(H2,25,27,28);1H. The largest absolute Gasteiger partial charge is 0.354 e. The summed E-state index contributed by atoms with van der Waals surface area (Å²) in [4.78, 5) is 25.2. The van der Waals surface area contributed by atoms with Crippen molar-refractivity contribution in [3.63, 3.8) is 0 Å². The van der Waals surface area contributed by atoms with Crippen molar-refractivity contribution >= 4 is 35.8 Å². The van der Waals surface area contributed by atoms with Crippen LogP contribution in [0.5, 0.6) is 0 Å². The third-order valence-corrected chi connectivity index (χ3v) is 5.39. The summed E-state index contributed by atoms with van der Waals surface area (Å²) in [6.45, 7) is 7.79. The number of carbonyl (C=O) groups is 1. The number of likely N-dealkylation sites (N-methyl/N-ethyl adjacent to an activating group) is 2. The van der Waals surface area contributed by atoms with E-state index in [4.69, 9.17) is 0 Å². The number of rotatable bonds is 11. The molecule has 176 valence electrons. The molecule has 1 aromatic heterocycles. The number of hydrogen-bond donors (Lipinski definition) is 2. The molecule has 1 heterocycles. The summed E-state index contributed by atoms with van der Waals surface area (Å²) in [7, 11) is 3.54. The Morgan fingerprint density at radius 3 is 2.34 bits per heavy atom. The first-order chi connectivity index (χ1) is 15.1. The van der Waals surface area contributed by atoms with Gasteiger partial charge in [-0.1, -0.05) is 50.2 Å². The molecule has 0 bridgehead atoms. The highest BCUT2D eigenvalue weighted by Crippen LogP contribution is 2.19. The number of halogens is 1. The summed E-state index contributed by atoms with van der Waals surface area (Å²) in [5.74, 6) is 0.641. The van der Waals surface area contributed by atoms with E-state index in [1.165, 1.54) is 5.56 Å². The maximum Gasteiger partial charge on any atom is 0.241 e. The van der Waals surface area contributed by atoms with E-state index in [0.717, 1.165) is 25.2 Å². The van der Waals surface area contributed by atoms with Crippen LogP contribution in [0.1, 0.15) is 31.1 Å². The predicted octanol–water partition coefficient (Wildman–Crippen LogP) is 2.95. The molecule has 2 aromatic rings. The maximum absolute atomic E-state index is 12.5. The quantitative estimate of drug-likeness (QED) is 0.255. The number of amides is 1. The number of nitrogens with zero attached hydrogens (tertiary/aromatic N) is 4. The second kappa shape index (κ2) is 15.6. The van der Waals surface area contributed by atoms with Gasteiger partial charge in [0, 0.05) is 45.5 Å². The minimum atomic E-state index is 0. The van der Waals surface area contributed by atoms with Crippen LogP contribution >= 0.6 is 24.0 Å². The Morgan fingerprint density at radius 2 is 1.75 bits per heavy atom. The molecule has 0 fully saturated rings. The second-order valence-electron chi connectivity index (χ2n) is 7.34. The topological polar surface area (TPSA) is 72.9 Å². The lowest BCUT2D eigenvalue weighted by Gasteiger charge is -2.31. The molecule has 0 saturated carbocycles. The van der Waals surface area contributed by atoms with Crippen molar-refractivity contribution in [3.8, 4) is 0 Å². The number of pyridine rings is 1. The van der Waals surface area contributed by atoms with E-state index in [1.54, 1.807) is 18.1 Å². The number of carbonyl (C=O) groups excluding carboxylic acids is 1. The summed E-state index contributed by atoms with van der Waals surface area (Å²) < 4.78 is 0. The summed E-state index contributed by atoms with van der Waals surface area (Å²) in [6.07, 6.45) is 2.51. The third kappa shape index (κ3) is 9.12. The fourth-order valence-corrected chi connectivity index (χ4v) is 3.46. The second-order valence-corrected chi connectivity index (χ2v) is 7.34. The first-order valence-corrected chi connectivity index (χ1v) is 11.0. The van der Waals surface area contributed by atoms with Gasteiger partial charge < -0.3 is 15.5 Å². The Hall–Kier alpha value is -2.20. The van der Waals surface area contributed by atoms with Crippen LogP contribution in [-0.4, -0.2) is 73.5 Å². The summed E-state index contributed by atoms with van der Waals surface area (Å²) in [5.41, 5.74) is 2.25. The van der Waals surface area contributed by atoms with Crippen molar-refractivity contribution in [2.75, 3.05) is 46.8 Å². The molecule has 0 spiro atoms. The first-order valence-electron chi connectivity index (χ1n) is 11.0. The summed E-state index contributed by atoms with van der Waals surface area (Å²) >= 11 is 0. The molecule has 8 heteroatoms. The number of benzene rings is 1. The number of aliphatic imine (C=N–C) groups is 1. The monoisotopic (exact) mass is 552 g/mol. The summed E-state index contributed by atoms with van der Waals surface area (Å²) in [5, 5.41) is 6.53. The van der Waals surface area contributed by atoms with Crippen molar-refractivity contribution in [1.29, 1.82) is 0 Å². The minimum absolute atomic E-state index is 0. The van der Waals surface area contributed by atoms with Gasteiger partial charge in [-0.15, -0.1) is 24.0 Å². The molecule has 0 saturated heterocycles. The van der Waals surface area contributed by atoms with Gasteiger partial charge in [0.15, 0.2) is 5.96 Å². The Kier molecular flexibility index (Phi) is 13.5. The Balaban J connectivity index is 0.00000512. The van der Waals surface area contributed by atoms with Gasteiger partial charge in [0.1, 0.15) is 0 Å². The van der Waals surface area contributed by atoms with E-state index in [-0.39, 0.29) is 42.5 Å². The molecule has 2 rings (SSSR count). The minimum Gasteiger partial charge on any atom is -0.354 e. The van der Waals surface area contributed by atoms with Crippen molar-refractivity contribution < 1.29 is 4.79 Å². The van der Waals surface area contributed by atoms with Crippen LogP contribution in [0.2, 0.25) is 0 Å². The maximum atomic E-state index is 12.5. The average Bonchev–Trinajstić information content (AvgIpc) is 2.82. The normalized spacial score (nSPS) is 12.1. The molecule has 1 unspecified atom stereocenters. The van der Waals surface area contributed by atoms with Gasteiger partial charge in [0.25, 0.3) is 0 Å². The molecular weight excluding hydrogens is 515 g/mol. The summed E-state index contributed by atoms with van der Waals surface area (Å²) in [6, 6.07) is 16.5. The van der Waals surface area contributed by atoms with E-state index in [9.17, 15) is 4.79 Å². The number of guanidine groups is 1. The zero-order valence-corrected chi connectivity index (χ0v) is 22.0. The molecule has 0 aliphatic heterocycles. The van der Waals surface area contributed by atoms with Crippen molar-refractivity contribution in [3.05, 3.63) is 66.0 Å². The molecule has 7 nitrogen and oxygen atoms in total. The molecule has 0 aliphatic rings. The molecule has 1 atom stereocenters. The van der Waals surface area contributed by atoms with E-state index < -0.39 is 0 Å². The molecule has 1 amide bonds. The highest BCUT2D eigenvalue weighted by Gasteiger charge is 2.18.